The van der Waals surface area contributed by atoms with E-state index >= 15 is 0 Å². The molecule has 64 valence electrons. The minimum Gasteiger partial charge on any atom is -0.385 e. The van der Waals surface area contributed by atoms with Gasteiger partial charge in [0, 0.05) is 0 Å². The second-order valence-corrected chi connectivity index (χ2v) is 3.67. The van der Waals surface area contributed by atoms with Crippen molar-refractivity contribution < 1.29 is 0 Å². The van der Waals surface area contributed by atoms with E-state index in [0.717, 1.165) is 17.5 Å². The molecule has 2 nitrogen and oxygen atoms in total. The number of fused-ring (bicyclic) bond motifs is 1. The van der Waals surface area contributed by atoms with Crippen LogP contribution in [0.25, 0.3) is 0 Å². The molecule has 0 spiro atoms. The van der Waals surface area contributed by atoms with E-state index in [0.29, 0.717) is 5.82 Å². The quantitative estimate of drug-likeness (QED) is 0.601. The third-order valence-corrected chi connectivity index (χ3v) is 2.72. The van der Waals surface area contributed by atoms with E-state index in [2.05, 4.69) is 4.98 Å². The summed E-state index contributed by atoms with van der Waals surface area (Å²) in [5, 5.41) is 0. The summed E-state index contributed by atoms with van der Waals surface area (Å²) in [4.78, 5) is 2.99. The van der Waals surface area contributed by atoms with Crippen LogP contribution in [-0.4, -0.2) is 4.98 Å². The molecular formula is C9H12N2S. The van der Waals surface area contributed by atoms with Gasteiger partial charge in [-0.1, -0.05) is 12.2 Å². The maximum absolute atomic E-state index is 5.66. The maximum atomic E-state index is 5.66. The Morgan fingerprint density at radius 3 is 2.92 bits per heavy atom. The van der Waals surface area contributed by atoms with Crippen LogP contribution in [0.3, 0.4) is 0 Å². The highest BCUT2D eigenvalue weighted by Crippen LogP contribution is 2.22. The largest absolute Gasteiger partial charge is 0.385 e. The number of nitrogens with one attached hydrogen (secondary N) is 1. The SMILES string of the molecule is Nc1cc2c(c(=S)[nH]1)CCCC2. The number of aromatic amines is 1. The molecule has 0 aliphatic heterocycles. The van der Waals surface area contributed by atoms with Crippen LogP contribution in [0.1, 0.15) is 24.0 Å². The van der Waals surface area contributed by atoms with Gasteiger partial charge in [0.1, 0.15) is 10.5 Å². The van der Waals surface area contributed by atoms with Gasteiger partial charge in [0.2, 0.25) is 0 Å². The summed E-state index contributed by atoms with van der Waals surface area (Å²) >= 11 is 5.19. The molecule has 0 atom stereocenters. The van der Waals surface area contributed by atoms with Crippen LogP contribution in [-0.2, 0) is 12.8 Å². The molecule has 0 aromatic carbocycles. The molecule has 0 saturated carbocycles. The molecule has 1 aromatic heterocycles. The monoisotopic (exact) mass is 180 g/mol. The molecule has 1 aliphatic rings. The van der Waals surface area contributed by atoms with E-state index in [4.69, 9.17) is 18.0 Å². The lowest BCUT2D eigenvalue weighted by molar-refractivity contribution is 0.681. The third kappa shape index (κ3) is 1.25. The van der Waals surface area contributed by atoms with Gasteiger partial charge in [0.05, 0.1) is 0 Å². The Morgan fingerprint density at radius 1 is 1.33 bits per heavy atom. The molecule has 12 heavy (non-hydrogen) atoms. The van der Waals surface area contributed by atoms with Gasteiger partial charge >= 0.3 is 0 Å². The number of hydrogen-bond acceptors (Lipinski definition) is 2. The Bertz CT molecular complexity index is 354. The van der Waals surface area contributed by atoms with Gasteiger partial charge < -0.3 is 10.7 Å². The molecule has 0 unspecified atom stereocenters. The minimum atomic E-state index is 0.695. The molecule has 3 heteroatoms. The molecule has 0 radical (unpaired) electrons. The van der Waals surface area contributed by atoms with E-state index in [1.807, 2.05) is 6.07 Å². The van der Waals surface area contributed by atoms with Gasteiger partial charge in [-0.3, -0.25) is 0 Å². The van der Waals surface area contributed by atoms with E-state index in [-0.39, 0.29) is 0 Å². The zero-order chi connectivity index (χ0) is 8.55. The molecule has 0 fully saturated rings. The predicted molar refractivity (Wildman–Crippen MR) is 52.7 cm³/mol. The standard InChI is InChI=1S/C9H12N2S/c10-8-5-6-3-1-2-4-7(6)9(12)11-8/h5H,1-4H2,(H3,10,11,12). The van der Waals surface area contributed by atoms with Crippen LogP contribution in [0, 0.1) is 4.64 Å². The van der Waals surface area contributed by atoms with Crippen molar-refractivity contribution in [2.75, 3.05) is 5.73 Å². The normalized spacial score (nSPS) is 15.7. The molecule has 0 amide bonds. The fourth-order valence-electron chi connectivity index (χ4n) is 1.78. The first-order valence-electron chi connectivity index (χ1n) is 4.28. The van der Waals surface area contributed by atoms with Gasteiger partial charge in [0.15, 0.2) is 0 Å². The van der Waals surface area contributed by atoms with E-state index in [9.17, 15) is 0 Å². The first-order valence-corrected chi connectivity index (χ1v) is 4.69. The van der Waals surface area contributed by atoms with E-state index < -0.39 is 0 Å². The number of rotatable bonds is 0. The summed E-state index contributed by atoms with van der Waals surface area (Å²) in [6.07, 6.45) is 4.78. The van der Waals surface area contributed by atoms with Crippen molar-refractivity contribution in [2.45, 2.75) is 25.7 Å². The van der Waals surface area contributed by atoms with Gasteiger partial charge in [-0.15, -0.1) is 0 Å². The molecule has 1 aliphatic carbocycles. The Kier molecular flexibility index (Phi) is 1.89. The number of pyridine rings is 1. The van der Waals surface area contributed by atoms with Crippen LogP contribution in [0.5, 0.6) is 0 Å². The number of nitrogens with two attached hydrogens (primary N) is 1. The Labute approximate surface area is 76.8 Å². The van der Waals surface area contributed by atoms with E-state index in [1.165, 1.54) is 24.0 Å². The van der Waals surface area contributed by atoms with Gasteiger partial charge in [0.25, 0.3) is 0 Å². The van der Waals surface area contributed by atoms with Crippen molar-refractivity contribution in [1.29, 1.82) is 0 Å². The number of H-pyrrole nitrogens is 1. The zero-order valence-electron chi connectivity index (χ0n) is 6.89. The Morgan fingerprint density at radius 2 is 2.08 bits per heavy atom. The molecule has 0 bridgehead atoms. The average molecular weight is 180 g/mol. The number of aromatic nitrogens is 1. The smallest absolute Gasteiger partial charge is 0.108 e. The lowest BCUT2D eigenvalue weighted by Gasteiger charge is -2.15. The highest BCUT2D eigenvalue weighted by Gasteiger charge is 2.10. The summed E-state index contributed by atoms with van der Waals surface area (Å²) in [7, 11) is 0. The van der Waals surface area contributed by atoms with E-state index in [1.54, 1.807) is 0 Å². The predicted octanol–water partition coefficient (Wildman–Crippen LogP) is 2.21. The highest BCUT2D eigenvalue weighted by atomic mass is 32.1. The topological polar surface area (TPSA) is 41.8 Å². The molecule has 1 heterocycles. The number of anilines is 1. The van der Waals surface area contributed by atoms with Gasteiger partial charge in [-0.25, -0.2) is 0 Å². The lowest BCUT2D eigenvalue weighted by Crippen LogP contribution is -2.06. The molecule has 0 saturated heterocycles. The van der Waals surface area contributed by atoms with Crippen molar-refractivity contribution in [3.05, 3.63) is 21.8 Å². The van der Waals surface area contributed by atoms with Crippen LogP contribution in [0.15, 0.2) is 6.07 Å². The second kappa shape index (κ2) is 2.90. The Balaban J connectivity index is 2.60. The number of nitrogen functional groups attached to an aromatic ring is 1. The molecule has 2 rings (SSSR count). The summed E-state index contributed by atoms with van der Waals surface area (Å²) < 4.78 is 0.838. The first-order chi connectivity index (χ1) is 5.77. The van der Waals surface area contributed by atoms with Gasteiger partial charge in [-0.05, 0) is 42.9 Å². The summed E-state index contributed by atoms with van der Waals surface area (Å²) in [5.41, 5.74) is 8.32. The highest BCUT2D eigenvalue weighted by molar-refractivity contribution is 7.71. The van der Waals surface area contributed by atoms with Gasteiger partial charge in [-0.2, -0.15) is 0 Å². The lowest BCUT2D eigenvalue weighted by atomic mass is 9.93. The summed E-state index contributed by atoms with van der Waals surface area (Å²) in [6, 6.07) is 2.02. The van der Waals surface area contributed by atoms with Crippen molar-refractivity contribution in [3.63, 3.8) is 0 Å². The Hall–Kier alpha value is -0.830. The third-order valence-electron chi connectivity index (χ3n) is 2.37. The second-order valence-electron chi connectivity index (χ2n) is 3.26. The minimum absolute atomic E-state index is 0.695. The van der Waals surface area contributed by atoms with Crippen molar-refractivity contribution in [3.8, 4) is 0 Å². The fraction of sp³-hybridized carbons (Fsp3) is 0.444. The van der Waals surface area contributed by atoms with Crippen molar-refractivity contribution >= 4 is 18.0 Å². The molecule has 1 aromatic rings. The summed E-state index contributed by atoms with van der Waals surface area (Å²) in [5.74, 6) is 0.695. The van der Waals surface area contributed by atoms with Crippen LogP contribution in [0.4, 0.5) is 5.82 Å². The fourth-order valence-corrected chi connectivity index (χ4v) is 2.13. The van der Waals surface area contributed by atoms with Crippen molar-refractivity contribution in [1.82, 2.24) is 4.98 Å². The van der Waals surface area contributed by atoms with Crippen LogP contribution >= 0.6 is 12.2 Å². The zero-order valence-corrected chi connectivity index (χ0v) is 7.71. The molecule has 3 N–H and O–H groups in total. The number of aryl methyl sites for hydroxylation is 1. The number of hydrogen-bond donors (Lipinski definition) is 2. The molecular weight excluding hydrogens is 168 g/mol. The summed E-state index contributed by atoms with van der Waals surface area (Å²) in [6.45, 7) is 0. The first kappa shape index (κ1) is 7.80. The van der Waals surface area contributed by atoms with Crippen LogP contribution in [0.2, 0.25) is 0 Å². The van der Waals surface area contributed by atoms with Crippen LogP contribution < -0.4 is 5.73 Å². The average Bonchev–Trinajstić information content (AvgIpc) is 2.04. The van der Waals surface area contributed by atoms with Crippen molar-refractivity contribution in [2.24, 2.45) is 0 Å². The maximum Gasteiger partial charge on any atom is 0.108 e.